The van der Waals surface area contributed by atoms with Crippen LogP contribution in [0.1, 0.15) is 26.7 Å². The van der Waals surface area contributed by atoms with Crippen LogP contribution in [0.15, 0.2) is 39.6 Å². The maximum Gasteiger partial charge on any atom is 0.0482 e. The van der Waals surface area contributed by atoms with Gasteiger partial charge in [0.05, 0.1) is 0 Å². The van der Waals surface area contributed by atoms with Crippen LogP contribution in [0, 0.1) is 0 Å². The summed E-state index contributed by atoms with van der Waals surface area (Å²) in [4.78, 5) is 4.38. The predicted octanol–water partition coefficient (Wildman–Crippen LogP) is 3.01. The van der Waals surface area contributed by atoms with E-state index in [0.29, 0.717) is 0 Å². The van der Waals surface area contributed by atoms with Gasteiger partial charge in [-0.1, -0.05) is 26.0 Å². The van der Waals surface area contributed by atoms with Crippen molar-refractivity contribution < 1.29 is 0 Å². The Morgan fingerprint density at radius 3 is 2.67 bits per heavy atom. The second kappa shape index (κ2) is 2.74. The van der Waals surface area contributed by atoms with Crippen LogP contribution in [0.3, 0.4) is 0 Å². The first-order valence-corrected chi connectivity index (χ1v) is 4.55. The Morgan fingerprint density at radius 1 is 1.17 bits per heavy atom. The molecule has 0 amide bonds. The molecule has 0 aromatic carbocycles. The zero-order valence-corrected chi connectivity index (χ0v) is 7.59. The lowest BCUT2D eigenvalue weighted by Gasteiger charge is -2.03. The van der Waals surface area contributed by atoms with Gasteiger partial charge >= 0.3 is 0 Å². The second-order valence-corrected chi connectivity index (χ2v) is 3.10. The molecule has 0 fully saturated rings. The first-order valence-electron chi connectivity index (χ1n) is 4.55. The Morgan fingerprint density at radius 2 is 2.00 bits per heavy atom. The van der Waals surface area contributed by atoms with Crippen molar-refractivity contribution in [2.24, 2.45) is 4.99 Å². The Balaban J connectivity index is 2.43. The molecule has 12 heavy (non-hydrogen) atoms. The molecule has 0 aromatic rings. The van der Waals surface area contributed by atoms with Crippen LogP contribution in [0.2, 0.25) is 0 Å². The van der Waals surface area contributed by atoms with Crippen molar-refractivity contribution in [3.8, 4) is 0 Å². The number of hydrogen-bond donors (Lipinski definition) is 0. The van der Waals surface area contributed by atoms with Gasteiger partial charge in [-0.3, -0.25) is 4.99 Å². The fourth-order valence-corrected chi connectivity index (χ4v) is 1.78. The van der Waals surface area contributed by atoms with Gasteiger partial charge in [-0.05, 0) is 18.4 Å². The summed E-state index contributed by atoms with van der Waals surface area (Å²) in [7, 11) is 0. The third-order valence-corrected chi connectivity index (χ3v) is 2.44. The van der Waals surface area contributed by atoms with Crippen LogP contribution in [-0.4, -0.2) is 6.21 Å². The fraction of sp³-hybridized carbons (Fsp3) is 0.364. The molecule has 0 N–H and O–H groups in total. The maximum atomic E-state index is 4.38. The Bertz CT molecular complexity index is 327. The third kappa shape index (κ3) is 0.893. The Hall–Kier alpha value is -1.11. The van der Waals surface area contributed by atoms with Gasteiger partial charge in [0.2, 0.25) is 0 Å². The molecule has 1 nitrogen and oxygen atoms in total. The van der Waals surface area contributed by atoms with Gasteiger partial charge in [-0.15, -0.1) is 0 Å². The summed E-state index contributed by atoms with van der Waals surface area (Å²) in [5.41, 5.74) is 5.41. The molecule has 0 aromatic heterocycles. The van der Waals surface area contributed by atoms with Crippen molar-refractivity contribution in [3.63, 3.8) is 0 Å². The molecule has 0 spiro atoms. The molecule has 1 aliphatic heterocycles. The van der Waals surface area contributed by atoms with Crippen LogP contribution in [0.4, 0.5) is 0 Å². The Kier molecular flexibility index (Phi) is 1.72. The standard InChI is InChI=1S/C11H13N/c1-3-8-5-6-9-7-12-10(4-2)11(8)9/h5-7H,3-4H2,1-2H3. The molecule has 1 aliphatic carbocycles. The van der Waals surface area contributed by atoms with E-state index in [1.807, 2.05) is 6.21 Å². The summed E-state index contributed by atoms with van der Waals surface area (Å²) >= 11 is 0. The normalized spacial score (nSPS) is 19.8. The van der Waals surface area contributed by atoms with E-state index in [1.54, 1.807) is 0 Å². The molecule has 2 aliphatic rings. The molecule has 0 saturated carbocycles. The molecule has 0 radical (unpaired) electrons. The monoisotopic (exact) mass is 159 g/mol. The molecule has 1 heterocycles. The number of aliphatic imine (C=N–C) groups is 1. The van der Waals surface area contributed by atoms with Gasteiger partial charge in [0.25, 0.3) is 0 Å². The number of allylic oxidation sites excluding steroid dienone is 6. The SMILES string of the molecule is CCC1=CC=C2C=NC(CC)=C21. The summed E-state index contributed by atoms with van der Waals surface area (Å²) < 4.78 is 0. The summed E-state index contributed by atoms with van der Waals surface area (Å²) in [6.07, 6.45) is 8.52. The summed E-state index contributed by atoms with van der Waals surface area (Å²) in [6, 6.07) is 0. The maximum absolute atomic E-state index is 4.38. The van der Waals surface area contributed by atoms with Crippen LogP contribution in [0.5, 0.6) is 0 Å². The lowest BCUT2D eigenvalue weighted by molar-refractivity contribution is 1.04. The topological polar surface area (TPSA) is 12.4 Å². The highest BCUT2D eigenvalue weighted by molar-refractivity contribution is 5.93. The first-order chi connectivity index (χ1) is 5.86. The summed E-state index contributed by atoms with van der Waals surface area (Å²) in [5, 5.41) is 0. The minimum atomic E-state index is 1.04. The van der Waals surface area contributed by atoms with E-state index in [0.717, 1.165) is 12.8 Å². The van der Waals surface area contributed by atoms with Crippen molar-refractivity contribution in [1.82, 2.24) is 0 Å². The minimum Gasteiger partial charge on any atom is -0.260 e. The number of hydrogen-bond acceptors (Lipinski definition) is 1. The predicted molar refractivity (Wildman–Crippen MR) is 52.3 cm³/mol. The van der Waals surface area contributed by atoms with Gasteiger partial charge < -0.3 is 0 Å². The highest BCUT2D eigenvalue weighted by atomic mass is 14.8. The third-order valence-electron chi connectivity index (χ3n) is 2.44. The molecule has 62 valence electrons. The van der Waals surface area contributed by atoms with Gasteiger partial charge in [0.15, 0.2) is 0 Å². The van der Waals surface area contributed by atoms with E-state index < -0.39 is 0 Å². The quantitative estimate of drug-likeness (QED) is 0.587. The van der Waals surface area contributed by atoms with Crippen LogP contribution < -0.4 is 0 Å². The van der Waals surface area contributed by atoms with E-state index in [1.165, 1.54) is 22.4 Å². The number of fused-ring (bicyclic) bond motifs is 1. The van der Waals surface area contributed by atoms with E-state index in [-0.39, 0.29) is 0 Å². The van der Waals surface area contributed by atoms with Crippen LogP contribution in [0.25, 0.3) is 0 Å². The molecule has 2 rings (SSSR count). The van der Waals surface area contributed by atoms with Crippen LogP contribution in [-0.2, 0) is 0 Å². The van der Waals surface area contributed by atoms with Gasteiger partial charge in [-0.25, -0.2) is 0 Å². The van der Waals surface area contributed by atoms with E-state index in [9.17, 15) is 0 Å². The Labute approximate surface area is 73.2 Å². The lowest BCUT2D eigenvalue weighted by Crippen LogP contribution is -1.87. The van der Waals surface area contributed by atoms with Crippen molar-refractivity contribution in [1.29, 1.82) is 0 Å². The van der Waals surface area contributed by atoms with Gasteiger partial charge in [-0.2, -0.15) is 0 Å². The zero-order valence-electron chi connectivity index (χ0n) is 7.59. The highest BCUT2D eigenvalue weighted by Crippen LogP contribution is 2.35. The molecule has 0 unspecified atom stereocenters. The minimum absolute atomic E-state index is 1.04. The smallest absolute Gasteiger partial charge is 0.0482 e. The largest absolute Gasteiger partial charge is 0.260 e. The van der Waals surface area contributed by atoms with E-state index in [4.69, 9.17) is 0 Å². The molecular formula is C11H13N. The van der Waals surface area contributed by atoms with Crippen molar-refractivity contribution in [3.05, 3.63) is 34.6 Å². The molecule has 0 bridgehead atoms. The number of nitrogens with zero attached hydrogens (tertiary/aromatic N) is 1. The zero-order chi connectivity index (χ0) is 8.55. The fourth-order valence-electron chi connectivity index (χ4n) is 1.78. The first kappa shape index (κ1) is 7.53. The van der Waals surface area contributed by atoms with E-state index in [2.05, 4.69) is 31.0 Å². The molecule has 0 saturated heterocycles. The van der Waals surface area contributed by atoms with Gasteiger partial charge in [0, 0.05) is 23.1 Å². The van der Waals surface area contributed by atoms with Gasteiger partial charge in [0.1, 0.15) is 0 Å². The van der Waals surface area contributed by atoms with Crippen molar-refractivity contribution >= 4 is 6.21 Å². The van der Waals surface area contributed by atoms with Crippen LogP contribution >= 0.6 is 0 Å². The molecule has 1 heteroatoms. The summed E-state index contributed by atoms with van der Waals surface area (Å²) in [5.74, 6) is 0. The van der Waals surface area contributed by atoms with E-state index >= 15 is 0 Å². The lowest BCUT2D eigenvalue weighted by atomic mass is 10.0. The average molecular weight is 159 g/mol. The molecular weight excluding hydrogens is 146 g/mol. The molecule has 0 atom stereocenters. The van der Waals surface area contributed by atoms with Crippen molar-refractivity contribution in [2.45, 2.75) is 26.7 Å². The average Bonchev–Trinajstić information content (AvgIpc) is 2.62. The second-order valence-electron chi connectivity index (χ2n) is 3.10. The highest BCUT2D eigenvalue weighted by Gasteiger charge is 2.20. The summed E-state index contributed by atoms with van der Waals surface area (Å²) in [6.45, 7) is 4.36. The van der Waals surface area contributed by atoms with Crippen molar-refractivity contribution in [2.75, 3.05) is 0 Å². The number of rotatable bonds is 2.